The molecule has 0 unspecified atom stereocenters. The van der Waals surface area contributed by atoms with Crippen LogP contribution in [0, 0.1) is 0 Å². The van der Waals surface area contributed by atoms with Crippen molar-refractivity contribution in [2.45, 2.75) is 33.7 Å². The lowest BCUT2D eigenvalue weighted by Gasteiger charge is -2.05. The van der Waals surface area contributed by atoms with Gasteiger partial charge < -0.3 is 0 Å². The number of hydrogen-bond donors (Lipinski definition) is 0. The van der Waals surface area contributed by atoms with E-state index in [9.17, 15) is 4.79 Å². The molecule has 0 aliphatic rings. The van der Waals surface area contributed by atoms with Gasteiger partial charge in [-0.25, -0.2) is 9.78 Å². The summed E-state index contributed by atoms with van der Waals surface area (Å²) in [5.74, 6) is 0. The third-order valence-electron chi connectivity index (χ3n) is 1.29. The minimum atomic E-state index is -0.183. The number of nitrogens with zero attached hydrogens (tertiary/aromatic N) is 2. The van der Waals surface area contributed by atoms with Gasteiger partial charge in [0.2, 0.25) is 0 Å². The van der Waals surface area contributed by atoms with Crippen molar-refractivity contribution in [1.82, 2.24) is 9.55 Å². The Morgan fingerprint density at radius 2 is 2.00 bits per heavy atom. The smallest absolute Gasteiger partial charge is 0.297 e. The maximum Gasteiger partial charge on any atom is 0.347 e. The third kappa shape index (κ3) is 2.86. The molecule has 3 nitrogen and oxygen atoms in total. The molecule has 68 valence electrons. The summed E-state index contributed by atoms with van der Waals surface area (Å²) in [6, 6.07) is 1.95. The van der Waals surface area contributed by atoms with Crippen molar-refractivity contribution in [2.24, 2.45) is 0 Å². The monoisotopic (exact) mass is 168 g/mol. The summed E-state index contributed by atoms with van der Waals surface area (Å²) in [6.07, 6.45) is 3.24. The van der Waals surface area contributed by atoms with Gasteiger partial charge in [0.1, 0.15) is 0 Å². The molecule has 1 aromatic heterocycles. The Kier molecular flexibility index (Phi) is 5.00. The lowest BCUT2D eigenvalue weighted by atomic mass is 10.4. The van der Waals surface area contributed by atoms with Crippen LogP contribution in [0.4, 0.5) is 0 Å². The van der Waals surface area contributed by atoms with Crippen LogP contribution in [0.2, 0.25) is 0 Å². The molecule has 0 fully saturated rings. The van der Waals surface area contributed by atoms with Crippen LogP contribution < -0.4 is 5.69 Å². The SMILES string of the molecule is CC.CC(C)n1cccnc1=O. The lowest BCUT2D eigenvalue weighted by Crippen LogP contribution is -2.22. The van der Waals surface area contributed by atoms with Crippen molar-refractivity contribution >= 4 is 0 Å². The summed E-state index contributed by atoms with van der Waals surface area (Å²) < 4.78 is 1.58. The van der Waals surface area contributed by atoms with E-state index in [0.29, 0.717) is 0 Å². The molecular formula is C9H16N2O. The highest BCUT2D eigenvalue weighted by molar-refractivity contribution is 4.82. The minimum Gasteiger partial charge on any atom is -0.297 e. The predicted molar refractivity (Wildman–Crippen MR) is 50.2 cm³/mol. The first-order chi connectivity index (χ1) is 5.72. The summed E-state index contributed by atoms with van der Waals surface area (Å²) in [6.45, 7) is 7.90. The van der Waals surface area contributed by atoms with Crippen molar-refractivity contribution in [1.29, 1.82) is 0 Å². The number of rotatable bonds is 1. The summed E-state index contributed by atoms with van der Waals surface area (Å²) in [5, 5.41) is 0. The van der Waals surface area contributed by atoms with Crippen LogP contribution in [0.5, 0.6) is 0 Å². The lowest BCUT2D eigenvalue weighted by molar-refractivity contribution is 0.563. The Morgan fingerprint density at radius 1 is 1.42 bits per heavy atom. The quantitative estimate of drug-likeness (QED) is 0.641. The van der Waals surface area contributed by atoms with E-state index in [4.69, 9.17) is 0 Å². The molecule has 0 amide bonds. The van der Waals surface area contributed by atoms with Gasteiger partial charge in [0.15, 0.2) is 0 Å². The van der Waals surface area contributed by atoms with Crippen LogP contribution in [0.1, 0.15) is 33.7 Å². The molecule has 0 aliphatic carbocycles. The normalized spacial score (nSPS) is 9.08. The zero-order chi connectivity index (χ0) is 9.56. The maximum atomic E-state index is 10.9. The topological polar surface area (TPSA) is 34.9 Å². The number of hydrogen-bond acceptors (Lipinski definition) is 2. The molecule has 0 N–H and O–H groups in total. The van der Waals surface area contributed by atoms with Crippen LogP contribution >= 0.6 is 0 Å². The molecule has 0 aliphatic heterocycles. The first-order valence-electron chi connectivity index (χ1n) is 4.25. The zero-order valence-corrected chi connectivity index (χ0v) is 8.11. The highest BCUT2D eigenvalue weighted by atomic mass is 16.1. The summed E-state index contributed by atoms with van der Waals surface area (Å²) in [5.41, 5.74) is -0.183. The summed E-state index contributed by atoms with van der Waals surface area (Å²) >= 11 is 0. The van der Waals surface area contributed by atoms with E-state index in [1.807, 2.05) is 27.7 Å². The zero-order valence-electron chi connectivity index (χ0n) is 8.11. The molecular weight excluding hydrogens is 152 g/mol. The van der Waals surface area contributed by atoms with Gasteiger partial charge in [-0.2, -0.15) is 0 Å². The van der Waals surface area contributed by atoms with Crippen LogP contribution in [-0.2, 0) is 0 Å². The van der Waals surface area contributed by atoms with Gasteiger partial charge in [-0.05, 0) is 19.9 Å². The second kappa shape index (κ2) is 5.52. The van der Waals surface area contributed by atoms with E-state index in [0.717, 1.165) is 0 Å². The van der Waals surface area contributed by atoms with Crippen molar-refractivity contribution in [2.75, 3.05) is 0 Å². The molecule has 0 radical (unpaired) electrons. The van der Waals surface area contributed by atoms with E-state index in [1.54, 1.807) is 16.8 Å². The predicted octanol–water partition coefficient (Wildman–Crippen LogP) is 1.85. The molecule has 0 atom stereocenters. The highest BCUT2D eigenvalue weighted by Crippen LogP contribution is 1.95. The standard InChI is InChI=1S/C7H10N2O.C2H6/c1-6(2)9-5-3-4-8-7(9)10;1-2/h3-6H,1-2H3;1-2H3. The molecule has 0 saturated heterocycles. The Bertz CT molecular complexity index is 265. The molecule has 0 saturated carbocycles. The molecule has 1 rings (SSSR count). The van der Waals surface area contributed by atoms with E-state index in [2.05, 4.69) is 4.98 Å². The van der Waals surface area contributed by atoms with Gasteiger partial charge in [-0.1, -0.05) is 13.8 Å². The summed E-state index contributed by atoms with van der Waals surface area (Å²) in [4.78, 5) is 14.5. The van der Waals surface area contributed by atoms with E-state index < -0.39 is 0 Å². The third-order valence-corrected chi connectivity index (χ3v) is 1.29. The van der Waals surface area contributed by atoms with Gasteiger partial charge in [0.25, 0.3) is 0 Å². The van der Waals surface area contributed by atoms with Crippen molar-refractivity contribution in [3.8, 4) is 0 Å². The van der Waals surface area contributed by atoms with Crippen LogP contribution in [-0.4, -0.2) is 9.55 Å². The first-order valence-corrected chi connectivity index (χ1v) is 4.25. The fraction of sp³-hybridized carbons (Fsp3) is 0.556. The Labute approximate surface area is 73.1 Å². The van der Waals surface area contributed by atoms with Crippen molar-refractivity contribution < 1.29 is 0 Å². The second-order valence-electron chi connectivity index (χ2n) is 2.40. The van der Waals surface area contributed by atoms with Crippen molar-refractivity contribution in [3.63, 3.8) is 0 Å². The van der Waals surface area contributed by atoms with Crippen LogP contribution in [0.3, 0.4) is 0 Å². The fourth-order valence-electron chi connectivity index (χ4n) is 0.761. The van der Waals surface area contributed by atoms with Crippen LogP contribution in [0.15, 0.2) is 23.3 Å². The molecule has 3 heteroatoms. The Hall–Kier alpha value is -1.12. The molecule has 12 heavy (non-hydrogen) atoms. The second-order valence-corrected chi connectivity index (χ2v) is 2.40. The number of aromatic nitrogens is 2. The fourth-order valence-corrected chi connectivity index (χ4v) is 0.761. The van der Waals surface area contributed by atoms with E-state index >= 15 is 0 Å². The molecule has 1 aromatic rings. The Morgan fingerprint density at radius 3 is 2.33 bits per heavy atom. The van der Waals surface area contributed by atoms with Gasteiger partial charge >= 0.3 is 5.69 Å². The van der Waals surface area contributed by atoms with Gasteiger partial charge in [-0.15, -0.1) is 0 Å². The van der Waals surface area contributed by atoms with Gasteiger partial charge in [0, 0.05) is 18.4 Å². The molecule has 1 heterocycles. The average molecular weight is 168 g/mol. The largest absolute Gasteiger partial charge is 0.347 e. The van der Waals surface area contributed by atoms with Gasteiger partial charge in [-0.3, -0.25) is 4.57 Å². The molecule has 0 aromatic carbocycles. The van der Waals surface area contributed by atoms with Gasteiger partial charge in [0.05, 0.1) is 0 Å². The van der Waals surface area contributed by atoms with E-state index in [-0.39, 0.29) is 11.7 Å². The summed E-state index contributed by atoms with van der Waals surface area (Å²) in [7, 11) is 0. The van der Waals surface area contributed by atoms with Crippen LogP contribution in [0.25, 0.3) is 0 Å². The minimum absolute atomic E-state index is 0.183. The first kappa shape index (κ1) is 10.9. The maximum absolute atomic E-state index is 10.9. The highest BCUT2D eigenvalue weighted by Gasteiger charge is 1.96. The van der Waals surface area contributed by atoms with Crippen molar-refractivity contribution in [3.05, 3.63) is 28.9 Å². The van der Waals surface area contributed by atoms with E-state index in [1.165, 1.54) is 6.20 Å². The average Bonchev–Trinajstić information content (AvgIpc) is 2.08. The molecule has 0 bridgehead atoms. The molecule has 0 spiro atoms. The Balaban J connectivity index is 0.000000561.